The van der Waals surface area contributed by atoms with Gasteiger partial charge in [-0.3, -0.25) is 14.5 Å². The zero-order valence-electron chi connectivity index (χ0n) is 17.7. The van der Waals surface area contributed by atoms with Gasteiger partial charge in [-0.1, -0.05) is 33.3 Å². The molecule has 7 nitrogen and oxygen atoms in total. The monoisotopic (exact) mass is 381 g/mol. The highest BCUT2D eigenvalue weighted by atomic mass is 16.4. The Balaban J connectivity index is 2.95. The maximum atomic E-state index is 13.1. The van der Waals surface area contributed by atoms with E-state index in [4.69, 9.17) is 5.11 Å². The van der Waals surface area contributed by atoms with Gasteiger partial charge in [-0.05, 0) is 45.7 Å². The van der Waals surface area contributed by atoms with Crippen LogP contribution in [0.2, 0.25) is 0 Å². The second-order valence-electron chi connectivity index (χ2n) is 8.64. The van der Waals surface area contributed by atoms with Crippen molar-refractivity contribution in [3.8, 4) is 0 Å². The number of likely N-dealkylation sites (N-methyl/N-ethyl adjacent to an activating group) is 2. The molecule has 1 heterocycles. The number of hydrogen-bond acceptors (Lipinski definition) is 4. The van der Waals surface area contributed by atoms with Crippen LogP contribution in [0.5, 0.6) is 0 Å². The first-order valence-electron chi connectivity index (χ1n) is 9.55. The standard InChI is InChI=1S/C20H35N3O4/c1-13(19(26)27)12-14(2)23(7)18(25)16(20(3,4)5)21-17(24)15-10-8-9-11-22(15)6/h12,14-16H,8-11H2,1-7H3,(H,21,24)(H,26,27)/b13-12+/t14-,15+,16?/m0/s1. The molecule has 1 rings (SSSR count). The fraction of sp³-hybridized carbons (Fsp3) is 0.750. The maximum absolute atomic E-state index is 13.1. The summed E-state index contributed by atoms with van der Waals surface area (Å²) in [5, 5.41) is 12.0. The van der Waals surface area contributed by atoms with Crippen molar-refractivity contribution in [2.75, 3.05) is 20.6 Å². The van der Waals surface area contributed by atoms with Gasteiger partial charge in [0.05, 0.1) is 6.04 Å². The maximum Gasteiger partial charge on any atom is 0.331 e. The van der Waals surface area contributed by atoms with Crippen LogP contribution in [-0.4, -0.2) is 71.5 Å². The molecular formula is C20H35N3O4. The topological polar surface area (TPSA) is 90.0 Å². The lowest BCUT2D eigenvalue weighted by atomic mass is 9.85. The zero-order chi connectivity index (χ0) is 20.9. The van der Waals surface area contributed by atoms with Crippen LogP contribution in [0.4, 0.5) is 0 Å². The Kier molecular flexibility index (Phi) is 8.02. The smallest absolute Gasteiger partial charge is 0.331 e. The van der Waals surface area contributed by atoms with Gasteiger partial charge >= 0.3 is 5.97 Å². The van der Waals surface area contributed by atoms with Gasteiger partial charge in [0.15, 0.2) is 0 Å². The number of hydrogen-bond donors (Lipinski definition) is 2. The van der Waals surface area contributed by atoms with Gasteiger partial charge in [0, 0.05) is 18.7 Å². The van der Waals surface area contributed by atoms with Gasteiger partial charge in [-0.25, -0.2) is 4.79 Å². The van der Waals surface area contributed by atoms with Crippen molar-refractivity contribution in [1.82, 2.24) is 15.1 Å². The molecule has 2 N–H and O–H groups in total. The molecule has 7 heteroatoms. The largest absolute Gasteiger partial charge is 0.478 e. The van der Waals surface area contributed by atoms with Crippen molar-refractivity contribution in [3.05, 3.63) is 11.6 Å². The molecule has 1 aliphatic rings. The van der Waals surface area contributed by atoms with E-state index in [1.54, 1.807) is 14.0 Å². The Morgan fingerprint density at radius 2 is 1.85 bits per heavy atom. The number of piperidine rings is 1. The normalized spacial score (nSPS) is 21.3. The molecule has 0 spiro atoms. The third-order valence-corrected chi connectivity index (χ3v) is 5.26. The third kappa shape index (κ3) is 6.34. The van der Waals surface area contributed by atoms with E-state index in [1.807, 2.05) is 32.7 Å². The molecule has 1 fully saturated rings. The number of carbonyl (C=O) groups is 3. The minimum Gasteiger partial charge on any atom is -0.478 e. The number of carbonyl (C=O) groups excluding carboxylic acids is 2. The lowest BCUT2D eigenvalue weighted by Gasteiger charge is -2.38. The summed E-state index contributed by atoms with van der Waals surface area (Å²) in [7, 11) is 3.57. The van der Waals surface area contributed by atoms with E-state index in [0.717, 1.165) is 25.8 Å². The summed E-state index contributed by atoms with van der Waals surface area (Å²) >= 11 is 0. The first-order valence-corrected chi connectivity index (χ1v) is 9.55. The summed E-state index contributed by atoms with van der Waals surface area (Å²) in [5.41, 5.74) is -0.290. The van der Waals surface area contributed by atoms with Crippen LogP contribution in [0.1, 0.15) is 53.9 Å². The second kappa shape index (κ2) is 9.35. The first kappa shape index (κ1) is 23.1. The van der Waals surface area contributed by atoms with Gasteiger partial charge in [0.2, 0.25) is 11.8 Å². The molecule has 3 atom stereocenters. The molecule has 0 saturated carbocycles. The summed E-state index contributed by atoms with van der Waals surface area (Å²) in [4.78, 5) is 40.5. The number of amides is 2. The van der Waals surface area contributed by atoms with Gasteiger partial charge in [0.25, 0.3) is 0 Å². The summed E-state index contributed by atoms with van der Waals surface area (Å²) in [6.07, 6.45) is 4.42. The van der Waals surface area contributed by atoms with Gasteiger partial charge < -0.3 is 15.3 Å². The Morgan fingerprint density at radius 3 is 2.33 bits per heavy atom. The Morgan fingerprint density at radius 1 is 1.26 bits per heavy atom. The molecular weight excluding hydrogens is 346 g/mol. The minimum absolute atomic E-state index is 0.121. The van der Waals surface area contributed by atoms with Gasteiger partial charge in [0.1, 0.15) is 6.04 Å². The highest BCUT2D eigenvalue weighted by Crippen LogP contribution is 2.23. The number of likely N-dealkylation sites (tertiary alicyclic amines) is 1. The van der Waals surface area contributed by atoms with Crippen molar-refractivity contribution < 1.29 is 19.5 Å². The number of nitrogens with zero attached hydrogens (tertiary/aromatic N) is 2. The molecule has 0 radical (unpaired) electrons. The quantitative estimate of drug-likeness (QED) is 0.686. The Hall–Kier alpha value is -1.89. The molecule has 154 valence electrons. The number of aliphatic carboxylic acids is 1. The predicted octanol–water partition coefficient (Wildman–Crippen LogP) is 1.88. The number of carboxylic acids is 1. The highest BCUT2D eigenvalue weighted by Gasteiger charge is 2.38. The summed E-state index contributed by atoms with van der Waals surface area (Å²) in [6.45, 7) is 9.88. The molecule has 0 bridgehead atoms. The van der Waals surface area contributed by atoms with E-state index in [2.05, 4.69) is 5.32 Å². The third-order valence-electron chi connectivity index (χ3n) is 5.26. The fourth-order valence-electron chi connectivity index (χ4n) is 3.24. The molecule has 1 saturated heterocycles. The lowest BCUT2D eigenvalue weighted by Crippen LogP contribution is -2.59. The van der Waals surface area contributed by atoms with Crippen LogP contribution in [-0.2, 0) is 14.4 Å². The second-order valence-corrected chi connectivity index (χ2v) is 8.64. The summed E-state index contributed by atoms with van der Waals surface area (Å²) in [5.74, 6) is -1.36. The van der Waals surface area contributed by atoms with Crippen LogP contribution in [0.25, 0.3) is 0 Å². The zero-order valence-corrected chi connectivity index (χ0v) is 17.7. The van der Waals surface area contributed by atoms with Crippen molar-refractivity contribution in [1.29, 1.82) is 0 Å². The van der Waals surface area contributed by atoms with Gasteiger partial charge in [-0.15, -0.1) is 0 Å². The van der Waals surface area contributed by atoms with E-state index in [1.165, 1.54) is 17.9 Å². The molecule has 27 heavy (non-hydrogen) atoms. The lowest BCUT2D eigenvalue weighted by molar-refractivity contribution is -0.141. The molecule has 2 amide bonds. The minimum atomic E-state index is -1.01. The molecule has 0 aromatic heterocycles. The van der Waals surface area contributed by atoms with E-state index in [0.29, 0.717) is 0 Å². The molecule has 0 aromatic rings. The van der Waals surface area contributed by atoms with Crippen molar-refractivity contribution in [2.45, 2.75) is 72.0 Å². The first-order chi connectivity index (χ1) is 12.4. The van der Waals surface area contributed by atoms with Crippen molar-refractivity contribution in [3.63, 3.8) is 0 Å². The fourth-order valence-corrected chi connectivity index (χ4v) is 3.24. The van der Waals surface area contributed by atoms with Crippen LogP contribution in [0, 0.1) is 5.41 Å². The van der Waals surface area contributed by atoms with E-state index < -0.39 is 23.5 Å². The average molecular weight is 382 g/mol. The van der Waals surface area contributed by atoms with E-state index in [9.17, 15) is 14.4 Å². The molecule has 1 aliphatic heterocycles. The van der Waals surface area contributed by atoms with E-state index >= 15 is 0 Å². The Bertz CT molecular complexity index is 595. The molecule has 0 aromatic carbocycles. The van der Waals surface area contributed by atoms with Gasteiger partial charge in [-0.2, -0.15) is 0 Å². The summed E-state index contributed by atoms with van der Waals surface area (Å²) in [6, 6.07) is -1.30. The van der Waals surface area contributed by atoms with Crippen molar-refractivity contribution in [2.24, 2.45) is 5.41 Å². The Labute approximate surface area is 162 Å². The van der Waals surface area contributed by atoms with Crippen LogP contribution >= 0.6 is 0 Å². The number of rotatable bonds is 6. The number of nitrogens with one attached hydrogen (secondary N) is 1. The van der Waals surface area contributed by atoms with Crippen LogP contribution in [0.3, 0.4) is 0 Å². The SMILES string of the molecule is C/C(=C\[C@H](C)N(C)C(=O)C(NC(=O)[C@H]1CCCCN1C)C(C)(C)C)C(=O)O. The van der Waals surface area contributed by atoms with E-state index in [-0.39, 0.29) is 23.4 Å². The predicted molar refractivity (Wildman–Crippen MR) is 105 cm³/mol. The molecule has 0 aliphatic carbocycles. The van der Waals surface area contributed by atoms with Crippen molar-refractivity contribution >= 4 is 17.8 Å². The van der Waals surface area contributed by atoms with Crippen LogP contribution in [0.15, 0.2) is 11.6 Å². The number of carboxylic acid groups (broad SMARTS) is 1. The summed E-state index contributed by atoms with van der Waals surface area (Å²) < 4.78 is 0. The molecule has 1 unspecified atom stereocenters. The van der Waals surface area contributed by atoms with Crippen LogP contribution < -0.4 is 5.32 Å². The average Bonchev–Trinajstić information content (AvgIpc) is 2.57. The highest BCUT2D eigenvalue weighted by molar-refractivity contribution is 5.91.